The van der Waals surface area contributed by atoms with Gasteiger partial charge in [-0.1, -0.05) is 0 Å². The first-order chi connectivity index (χ1) is 11.0. The first-order valence-corrected chi connectivity index (χ1v) is 10.3. The second-order valence-electron chi connectivity index (χ2n) is 5.45. The van der Waals surface area contributed by atoms with Crippen LogP contribution in [0.15, 0.2) is 0 Å². The largest absolute Gasteiger partial charge is 0.418 e. The van der Waals surface area contributed by atoms with Crippen molar-refractivity contribution in [1.29, 1.82) is 0 Å². The summed E-state index contributed by atoms with van der Waals surface area (Å²) in [6, 6.07) is -2.39. The molecule has 2 atom stereocenters. The van der Waals surface area contributed by atoms with Gasteiger partial charge in [0.2, 0.25) is 0 Å². The Labute approximate surface area is 138 Å². The van der Waals surface area contributed by atoms with Crippen LogP contribution in [0.5, 0.6) is 0 Å². The van der Waals surface area contributed by atoms with Crippen LogP contribution in [-0.2, 0) is 34.2 Å². The van der Waals surface area contributed by atoms with Crippen LogP contribution in [0.1, 0.15) is 12.8 Å². The Kier molecular flexibility index (Phi) is 5.34. The summed E-state index contributed by atoms with van der Waals surface area (Å²) in [5.74, 6) is -0.942. The predicted molar refractivity (Wildman–Crippen MR) is 77.2 cm³/mol. The first kappa shape index (κ1) is 18.9. The lowest BCUT2D eigenvalue weighted by atomic mass is 10.0. The number of carbonyl (C=O) groups excluding carboxylic acids is 2. The Morgan fingerprint density at radius 1 is 1.33 bits per heavy atom. The molecule has 2 fully saturated rings. The van der Waals surface area contributed by atoms with Gasteiger partial charge in [-0.15, -0.1) is 4.28 Å². The normalized spacial score (nSPS) is 24.3. The molecular weight excluding hydrogens is 370 g/mol. The Morgan fingerprint density at radius 3 is 2.58 bits per heavy atom. The van der Waals surface area contributed by atoms with E-state index in [9.17, 15) is 26.4 Å². The molecule has 3 amide bonds. The van der Waals surface area contributed by atoms with Crippen LogP contribution in [0.3, 0.4) is 0 Å². The van der Waals surface area contributed by atoms with E-state index >= 15 is 0 Å². The highest BCUT2D eigenvalue weighted by molar-refractivity contribution is 7.90. The van der Waals surface area contributed by atoms with Gasteiger partial charge in [-0.05, 0) is 12.8 Å². The van der Waals surface area contributed by atoms with Crippen LogP contribution < -0.4 is 5.48 Å². The topological polar surface area (TPSA) is 160 Å². The molecule has 0 radical (unpaired) electrons. The summed E-state index contributed by atoms with van der Waals surface area (Å²) in [6.45, 7) is -0.193. The molecule has 0 aliphatic carbocycles. The summed E-state index contributed by atoms with van der Waals surface area (Å²) < 4.78 is 56.3. The zero-order valence-electron chi connectivity index (χ0n) is 12.6. The van der Waals surface area contributed by atoms with Crippen LogP contribution in [0.4, 0.5) is 4.79 Å². The average Bonchev–Trinajstić information content (AvgIpc) is 2.66. The minimum atomic E-state index is -4.85. The molecule has 138 valence electrons. The molecule has 0 saturated carbocycles. The van der Waals surface area contributed by atoms with E-state index in [1.54, 1.807) is 0 Å². The molecule has 2 saturated heterocycles. The summed E-state index contributed by atoms with van der Waals surface area (Å²) in [5, 5.41) is 0.521. The lowest BCUT2D eigenvalue weighted by molar-refractivity contribution is -0.138. The molecule has 2 heterocycles. The second kappa shape index (κ2) is 6.79. The van der Waals surface area contributed by atoms with Crippen molar-refractivity contribution in [2.45, 2.75) is 24.9 Å². The number of piperidine rings is 1. The van der Waals surface area contributed by atoms with Crippen molar-refractivity contribution in [2.75, 3.05) is 25.2 Å². The molecule has 2 N–H and O–H groups in total. The number of nitrogens with zero attached hydrogens (tertiary/aromatic N) is 2. The van der Waals surface area contributed by atoms with E-state index in [4.69, 9.17) is 9.39 Å². The standard InChI is InChI=1S/C10H17N3O9S2/c1-23(16,17)5-4-21-11-9(14)8-3-2-7-6-12(8)10(15)13(7)22-24(18,19)20/h7-8H,2-6H2,1H3,(H,11,14)(H,18,19,20). The molecule has 12 nitrogen and oxygen atoms in total. The zero-order chi connectivity index (χ0) is 18.1. The quantitative estimate of drug-likeness (QED) is 0.288. The lowest BCUT2D eigenvalue weighted by Crippen LogP contribution is -2.49. The van der Waals surface area contributed by atoms with E-state index in [0.717, 1.165) is 11.2 Å². The van der Waals surface area contributed by atoms with E-state index in [2.05, 4.69) is 9.76 Å². The van der Waals surface area contributed by atoms with Gasteiger partial charge in [-0.2, -0.15) is 13.5 Å². The zero-order valence-corrected chi connectivity index (χ0v) is 14.2. The molecule has 2 unspecified atom stereocenters. The fourth-order valence-electron chi connectivity index (χ4n) is 2.49. The number of urea groups is 1. The number of hydrogen-bond acceptors (Lipinski definition) is 8. The molecule has 0 aromatic heterocycles. The van der Waals surface area contributed by atoms with Crippen LogP contribution in [0.2, 0.25) is 0 Å². The van der Waals surface area contributed by atoms with Gasteiger partial charge in [0.1, 0.15) is 15.9 Å². The van der Waals surface area contributed by atoms with Gasteiger partial charge in [-0.3, -0.25) is 14.2 Å². The molecule has 0 aromatic rings. The highest BCUT2D eigenvalue weighted by Crippen LogP contribution is 2.30. The van der Waals surface area contributed by atoms with Gasteiger partial charge in [-0.25, -0.2) is 18.7 Å². The smallest absolute Gasteiger partial charge is 0.309 e. The Morgan fingerprint density at radius 2 is 2.00 bits per heavy atom. The number of carbonyl (C=O) groups is 2. The fraction of sp³-hybridized carbons (Fsp3) is 0.800. The minimum Gasteiger partial charge on any atom is -0.309 e. The van der Waals surface area contributed by atoms with Gasteiger partial charge >= 0.3 is 16.4 Å². The van der Waals surface area contributed by atoms with Crippen molar-refractivity contribution in [2.24, 2.45) is 0 Å². The molecule has 24 heavy (non-hydrogen) atoms. The van der Waals surface area contributed by atoms with Crippen LogP contribution in [0.25, 0.3) is 0 Å². The molecule has 14 heteroatoms. The summed E-state index contributed by atoms with van der Waals surface area (Å²) in [5.41, 5.74) is 2.07. The number of fused-ring (bicyclic) bond motifs is 2. The molecule has 2 rings (SSSR count). The number of rotatable bonds is 7. The van der Waals surface area contributed by atoms with Crippen molar-refractivity contribution in [3.05, 3.63) is 0 Å². The fourth-order valence-corrected chi connectivity index (χ4v) is 3.26. The number of hydroxylamine groups is 3. The highest BCUT2D eigenvalue weighted by Gasteiger charge is 2.49. The minimum absolute atomic E-state index is 0.0514. The Hall–Kier alpha value is -1.48. The number of sulfone groups is 1. The van der Waals surface area contributed by atoms with Gasteiger partial charge in [0.25, 0.3) is 5.91 Å². The summed E-state index contributed by atoms with van der Waals surface area (Å²) in [6.07, 6.45) is 1.52. The Bertz CT molecular complexity index is 720. The summed E-state index contributed by atoms with van der Waals surface area (Å²) >= 11 is 0. The molecule has 2 aliphatic rings. The van der Waals surface area contributed by atoms with Crippen molar-refractivity contribution in [3.63, 3.8) is 0 Å². The first-order valence-electron chi connectivity index (χ1n) is 6.84. The number of amides is 3. The average molecular weight is 387 g/mol. The van der Waals surface area contributed by atoms with Crippen LogP contribution >= 0.6 is 0 Å². The third-order valence-electron chi connectivity index (χ3n) is 3.53. The predicted octanol–water partition coefficient (Wildman–Crippen LogP) is -1.92. The second-order valence-corrected chi connectivity index (χ2v) is 8.72. The maximum atomic E-state index is 12.1. The van der Waals surface area contributed by atoms with E-state index in [-0.39, 0.29) is 31.7 Å². The molecule has 2 aliphatic heterocycles. The number of hydrogen-bond donors (Lipinski definition) is 2. The monoisotopic (exact) mass is 387 g/mol. The highest BCUT2D eigenvalue weighted by atomic mass is 32.3. The van der Waals surface area contributed by atoms with Gasteiger partial charge in [0.05, 0.1) is 18.4 Å². The van der Waals surface area contributed by atoms with Crippen LogP contribution in [0, 0.1) is 0 Å². The van der Waals surface area contributed by atoms with E-state index in [0.29, 0.717) is 5.06 Å². The maximum Gasteiger partial charge on any atom is 0.418 e. The van der Waals surface area contributed by atoms with E-state index < -0.39 is 44.3 Å². The molecule has 0 spiro atoms. The summed E-state index contributed by atoms with van der Waals surface area (Å²) in [7, 11) is -8.09. The van der Waals surface area contributed by atoms with Gasteiger partial charge in [0.15, 0.2) is 0 Å². The third kappa shape index (κ3) is 4.76. The van der Waals surface area contributed by atoms with Gasteiger partial charge < -0.3 is 4.90 Å². The van der Waals surface area contributed by atoms with Crippen molar-refractivity contribution < 1.29 is 40.1 Å². The van der Waals surface area contributed by atoms with Crippen molar-refractivity contribution in [1.82, 2.24) is 15.4 Å². The SMILES string of the molecule is CS(=O)(=O)CCONC(=O)C1CCC2CN1C(=O)N2OS(=O)(=O)O. The van der Waals surface area contributed by atoms with Crippen molar-refractivity contribution in [3.8, 4) is 0 Å². The van der Waals surface area contributed by atoms with Crippen molar-refractivity contribution >= 4 is 32.2 Å². The third-order valence-corrected chi connectivity index (χ3v) is 4.79. The molecule has 0 aromatic carbocycles. The van der Waals surface area contributed by atoms with Crippen LogP contribution in [-0.4, -0.2) is 80.5 Å². The number of nitrogens with one attached hydrogen (secondary N) is 1. The summed E-state index contributed by atoms with van der Waals surface area (Å²) in [4.78, 5) is 30.0. The maximum absolute atomic E-state index is 12.1. The van der Waals surface area contributed by atoms with E-state index in [1.165, 1.54) is 0 Å². The Balaban J connectivity index is 1.92. The van der Waals surface area contributed by atoms with Gasteiger partial charge in [0, 0.05) is 12.8 Å². The molecular formula is C10H17N3O9S2. The lowest BCUT2D eigenvalue weighted by Gasteiger charge is -2.28. The molecule has 2 bridgehead atoms. The van der Waals surface area contributed by atoms with E-state index in [1.807, 2.05) is 0 Å².